The lowest BCUT2D eigenvalue weighted by Crippen LogP contribution is -2.35. The Morgan fingerprint density at radius 3 is 1.73 bits per heavy atom. The summed E-state index contributed by atoms with van der Waals surface area (Å²) in [4.78, 5) is 5.18. The topological polar surface area (TPSA) is 12.5 Å². The van der Waals surface area contributed by atoms with Gasteiger partial charge in [0.1, 0.15) is 11.5 Å². The smallest absolute Gasteiger partial charge is 0.131 e. The number of allylic oxidation sites excluding steroid dienone is 4. The molecule has 362 valence electrons. The SMILES string of the molecule is CC(C)(C)c1ccc2c(c1)C1(C3=C(CC(N(c4ccc5c(c4)C4(c6ccccc6Sc6ccccc64)c4ccccc4-5)c4cccc5c4sc4ccccc45)=CC=C3)Oc3ccccc31)c1cc(C(C)(C)C)ccc1-2. The molecule has 0 radical (unpaired) electrons. The van der Waals surface area contributed by atoms with Crippen molar-refractivity contribution in [3.63, 3.8) is 0 Å². The Hall–Kier alpha value is -7.63. The van der Waals surface area contributed by atoms with Gasteiger partial charge in [0.25, 0.3) is 0 Å². The highest BCUT2D eigenvalue weighted by Gasteiger charge is 2.54. The van der Waals surface area contributed by atoms with Gasteiger partial charge in [-0.15, -0.1) is 11.3 Å². The lowest BCUT2D eigenvalue weighted by atomic mass is 9.64. The van der Waals surface area contributed by atoms with Crippen LogP contribution in [0.1, 0.15) is 98.0 Å². The molecule has 0 saturated heterocycles. The fraction of sp³-hybridized carbons (Fsp3) is 0.155. The first-order valence-electron chi connectivity index (χ1n) is 26.4. The predicted molar refractivity (Wildman–Crippen MR) is 314 cm³/mol. The van der Waals surface area contributed by atoms with Crippen LogP contribution in [-0.4, -0.2) is 0 Å². The summed E-state index contributed by atoms with van der Waals surface area (Å²) in [5.41, 5.74) is 20.3. The van der Waals surface area contributed by atoms with E-state index in [1.807, 2.05) is 23.1 Å². The third kappa shape index (κ3) is 6.21. The molecule has 3 aliphatic carbocycles. The molecule has 0 amide bonds. The molecule has 5 aliphatic rings. The van der Waals surface area contributed by atoms with Gasteiger partial charge >= 0.3 is 0 Å². The first-order valence-corrected chi connectivity index (χ1v) is 28.1. The molecule has 9 aromatic carbocycles. The summed E-state index contributed by atoms with van der Waals surface area (Å²) in [6, 6.07) is 73.9. The predicted octanol–water partition coefficient (Wildman–Crippen LogP) is 19.1. The average molecular weight is 1000 g/mol. The monoisotopic (exact) mass is 1000 g/mol. The first kappa shape index (κ1) is 44.8. The lowest BCUT2D eigenvalue weighted by molar-refractivity contribution is 0.374. The van der Waals surface area contributed by atoms with Crippen LogP contribution in [0.5, 0.6) is 5.75 Å². The number of nitrogens with zero attached hydrogens (tertiary/aromatic N) is 1. The number of fused-ring (bicyclic) bond motifs is 20. The molecule has 2 aliphatic heterocycles. The van der Waals surface area contributed by atoms with Gasteiger partial charge in [0, 0.05) is 54.2 Å². The summed E-state index contributed by atoms with van der Waals surface area (Å²) < 4.78 is 10.0. The minimum absolute atomic E-state index is 0.0535. The molecule has 1 aromatic heterocycles. The second kappa shape index (κ2) is 15.9. The third-order valence-electron chi connectivity index (χ3n) is 17.0. The molecular weight excluding hydrogens is 947 g/mol. The molecule has 10 aromatic rings. The fourth-order valence-electron chi connectivity index (χ4n) is 13.6. The quantitative estimate of drug-likeness (QED) is 0.175. The first-order chi connectivity index (χ1) is 36.4. The summed E-state index contributed by atoms with van der Waals surface area (Å²) in [7, 11) is 0. The van der Waals surface area contributed by atoms with Crippen LogP contribution in [0.2, 0.25) is 0 Å². The molecule has 0 fully saturated rings. The van der Waals surface area contributed by atoms with E-state index >= 15 is 0 Å². The maximum Gasteiger partial charge on any atom is 0.131 e. The molecular formula is C71H55NOS2. The Morgan fingerprint density at radius 1 is 0.480 bits per heavy atom. The number of thiophene rings is 1. The maximum atomic E-state index is 7.46. The fourth-order valence-corrected chi connectivity index (χ4v) is 16.0. The van der Waals surface area contributed by atoms with Crippen LogP contribution in [0.15, 0.2) is 239 Å². The van der Waals surface area contributed by atoms with Crippen molar-refractivity contribution in [3.8, 4) is 28.0 Å². The van der Waals surface area contributed by atoms with Crippen molar-refractivity contribution in [2.24, 2.45) is 0 Å². The largest absolute Gasteiger partial charge is 0.461 e. The van der Waals surface area contributed by atoms with Gasteiger partial charge in [0.15, 0.2) is 0 Å². The summed E-state index contributed by atoms with van der Waals surface area (Å²) in [5, 5.41) is 2.55. The normalized spacial score (nSPS) is 16.1. The molecule has 15 rings (SSSR count). The Bertz CT molecular complexity index is 4090. The Labute approximate surface area is 448 Å². The third-order valence-corrected chi connectivity index (χ3v) is 19.4. The van der Waals surface area contributed by atoms with Crippen molar-refractivity contribution in [1.29, 1.82) is 0 Å². The Kier molecular flexibility index (Phi) is 9.53. The molecule has 0 saturated carbocycles. The minimum atomic E-state index is -0.626. The van der Waals surface area contributed by atoms with Crippen LogP contribution in [0.3, 0.4) is 0 Å². The van der Waals surface area contributed by atoms with E-state index in [2.05, 4.69) is 259 Å². The van der Waals surface area contributed by atoms with Crippen LogP contribution in [0, 0.1) is 0 Å². The second-order valence-electron chi connectivity index (χ2n) is 23.1. The molecule has 0 atom stereocenters. The van der Waals surface area contributed by atoms with E-state index < -0.39 is 10.8 Å². The Morgan fingerprint density at radius 2 is 1.04 bits per heavy atom. The zero-order chi connectivity index (χ0) is 50.6. The molecule has 2 nitrogen and oxygen atoms in total. The number of ether oxygens (including phenoxy) is 1. The molecule has 0 unspecified atom stereocenters. The summed E-state index contributed by atoms with van der Waals surface area (Å²) in [6.45, 7) is 14.0. The van der Waals surface area contributed by atoms with E-state index in [1.54, 1.807) is 0 Å². The van der Waals surface area contributed by atoms with Crippen molar-refractivity contribution in [2.45, 2.75) is 79.4 Å². The van der Waals surface area contributed by atoms with E-state index in [0.29, 0.717) is 6.42 Å². The number of benzene rings is 9. The molecule has 3 heterocycles. The number of rotatable bonds is 3. The van der Waals surface area contributed by atoms with Gasteiger partial charge in [-0.25, -0.2) is 0 Å². The number of hydrogen-bond donors (Lipinski definition) is 0. The lowest BCUT2D eigenvalue weighted by Gasteiger charge is -2.41. The van der Waals surface area contributed by atoms with Gasteiger partial charge in [-0.1, -0.05) is 217 Å². The van der Waals surface area contributed by atoms with Crippen molar-refractivity contribution >= 4 is 54.6 Å². The van der Waals surface area contributed by atoms with Crippen LogP contribution in [0.4, 0.5) is 11.4 Å². The van der Waals surface area contributed by atoms with Gasteiger partial charge in [0.05, 0.1) is 21.2 Å². The van der Waals surface area contributed by atoms with E-state index in [-0.39, 0.29) is 10.8 Å². The molecule has 0 bridgehead atoms. The van der Waals surface area contributed by atoms with E-state index in [4.69, 9.17) is 4.74 Å². The van der Waals surface area contributed by atoms with E-state index in [9.17, 15) is 0 Å². The van der Waals surface area contributed by atoms with Crippen molar-refractivity contribution in [3.05, 3.63) is 279 Å². The standard InChI is InChI=1S/C71H55NOS2/c1-68(2,3)43-33-36-48-49-37-34-44(69(4,5)6)40-59(49)71(58(48)39-43)54-24-10-13-29-62(54)73-63-42-45(19-17-27-55(63)71)72(61-28-18-22-52-51-21-8-14-30-64(51)75-67(52)61)46-35-38-50-47-20-7-9-23-53(47)70(60(50)41-46)56-25-11-15-31-65(56)74-66-32-16-12-26-57(66)70/h7-41H,42H2,1-6H3. The van der Waals surface area contributed by atoms with Gasteiger partial charge in [-0.05, 0) is 126 Å². The van der Waals surface area contributed by atoms with Gasteiger partial charge in [0.2, 0.25) is 0 Å². The van der Waals surface area contributed by atoms with E-state index in [1.165, 1.54) is 108 Å². The van der Waals surface area contributed by atoms with Crippen molar-refractivity contribution in [2.75, 3.05) is 4.90 Å². The zero-order valence-corrected chi connectivity index (χ0v) is 44.7. The maximum absolute atomic E-state index is 7.46. The molecule has 2 spiro atoms. The van der Waals surface area contributed by atoms with Gasteiger partial charge in [-0.2, -0.15) is 0 Å². The zero-order valence-electron chi connectivity index (χ0n) is 43.1. The second-order valence-corrected chi connectivity index (χ2v) is 25.2. The summed E-state index contributed by atoms with van der Waals surface area (Å²) in [6.07, 6.45) is 7.65. The summed E-state index contributed by atoms with van der Waals surface area (Å²) >= 11 is 3.78. The number of anilines is 2. The minimum Gasteiger partial charge on any atom is -0.461 e. The molecule has 75 heavy (non-hydrogen) atoms. The van der Waals surface area contributed by atoms with Gasteiger partial charge < -0.3 is 9.64 Å². The number of para-hydroxylation sites is 1. The van der Waals surface area contributed by atoms with E-state index in [0.717, 1.165) is 28.6 Å². The Balaban J connectivity index is 0.991. The van der Waals surface area contributed by atoms with Crippen LogP contribution in [-0.2, 0) is 21.7 Å². The average Bonchev–Trinajstić information content (AvgIpc) is 4.21. The summed E-state index contributed by atoms with van der Waals surface area (Å²) in [5.74, 6) is 1.88. The highest BCUT2D eigenvalue weighted by molar-refractivity contribution is 7.99. The van der Waals surface area contributed by atoms with Crippen LogP contribution in [0.25, 0.3) is 42.4 Å². The molecule has 0 N–H and O–H groups in total. The highest BCUT2D eigenvalue weighted by atomic mass is 32.2. The van der Waals surface area contributed by atoms with Crippen LogP contribution >= 0.6 is 23.1 Å². The van der Waals surface area contributed by atoms with Crippen LogP contribution < -0.4 is 9.64 Å². The van der Waals surface area contributed by atoms with Crippen molar-refractivity contribution < 1.29 is 4.74 Å². The number of hydrogen-bond acceptors (Lipinski definition) is 4. The highest BCUT2D eigenvalue weighted by Crippen LogP contribution is 2.65. The van der Waals surface area contributed by atoms with Crippen molar-refractivity contribution in [1.82, 2.24) is 0 Å². The molecule has 4 heteroatoms. The van der Waals surface area contributed by atoms with Gasteiger partial charge in [-0.3, -0.25) is 0 Å².